The molecule has 0 saturated carbocycles. The number of nitro groups is 1. The topological polar surface area (TPSA) is 84.5 Å². The summed E-state index contributed by atoms with van der Waals surface area (Å²) in [5.74, 6) is 0.752. The van der Waals surface area contributed by atoms with Crippen LogP contribution in [0.15, 0.2) is 6.33 Å². The van der Waals surface area contributed by atoms with Crippen LogP contribution in [0.1, 0.15) is 25.7 Å². The molecule has 3 rings (SSSR count). The summed E-state index contributed by atoms with van der Waals surface area (Å²) < 4.78 is 1.68. The average Bonchev–Trinajstić information content (AvgIpc) is 3.16. The van der Waals surface area contributed by atoms with Gasteiger partial charge < -0.3 is 19.9 Å². The molecule has 3 heterocycles. The minimum absolute atomic E-state index is 0.0571. The number of carbonyl (C=O) groups excluding carboxylic acids is 1. The average molecular weight is 307 g/mol. The van der Waals surface area contributed by atoms with Crippen LogP contribution in [0.25, 0.3) is 0 Å². The quantitative estimate of drug-likeness (QED) is 0.618. The van der Waals surface area contributed by atoms with E-state index in [4.69, 9.17) is 0 Å². The predicted molar refractivity (Wildman–Crippen MR) is 80.6 cm³/mol. The fourth-order valence-electron chi connectivity index (χ4n) is 3.44. The molecule has 0 radical (unpaired) electrons. The molecule has 8 nitrogen and oxygen atoms in total. The third kappa shape index (κ3) is 2.65. The minimum atomic E-state index is -0.448. The number of aromatic nitrogens is 2. The number of rotatable bonds is 3. The van der Waals surface area contributed by atoms with E-state index in [1.807, 2.05) is 9.80 Å². The maximum Gasteiger partial charge on any atom is 0.406 e. The normalized spacial score (nSPS) is 19.7. The number of anilines is 1. The second-order valence-electron chi connectivity index (χ2n) is 6.05. The van der Waals surface area contributed by atoms with E-state index in [-0.39, 0.29) is 17.6 Å². The van der Waals surface area contributed by atoms with Gasteiger partial charge in [0.25, 0.3) is 0 Å². The molecule has 1 aromatic rings. The molecule has 2 aliphatic rings. The Morgan fingerprint density at radius 2 is 1.91 bits per heavy atom. The molecule has 1 amide bonds. The molecule has 0 aromatic carbocycles. The van der Waals surface area contributed by atoms with Gasteiger partial charge in [-0.15, -0.1) is 0 Å². The molecule has 0 unspecified atom stereocenters. The van der Waals surface area contributed by atoms with E-state index < -0.39 is 4.92 Å². The van der Waals surface area contributed by atoms with E-state index >= 15 is 0 Å². The molecule has 0 aliphatic carbocycles. The lowest BCUT2D eigenvalue weighted by atomic mass is 9.95. The van der Waals surface area contributed by atoms with Crippen LogP contribution >= 0.6 is 0 Å². The summed E-state index contributed by atoms with van der Waals surface area (Å²) in [5, 5.41) is 11.1. The molecule has 2 fully saturated rings. The molecule has 0 N–H and O–H groups in total. The molecule has 2 aliphatic heterocycles. The number of aryl methyl sites for hydroxylation is 1. The van der Waals surface area contributed by atoms with Gasteiger partial charge in [-0.25, -0.2) is 0 Å². The van der Waals surface area contributed by atoms with Gasteiger partial charge in [-0.2, -0.15) is 0 Å². The minimum Gasteiger partial charge on any atom is -0.358 e. The summed E-state index contributed by atoms with van der Waals surface area (Å²) in [5.41, 5.74) is 0. The first-order valence-electron chi connectivity index (χ1n) is 7.77. The number of piperidine rings is 1. The first-order valence-corrected chi connectivity index (χ1v) is 7.77. The van der Waals surface area contributed by atoms with Crippen LogP contribution in [0.4, 0.5) is 11.6 Å². The summed E-state index contributed by atoms with van der Waals surface area (Å²) in [6.07, 6.45) is 5.17. The second-order valence-corrected chi connectivity index (χ2v) is 6.05. The molecule has 8 heteroatoms. The monoisotopic (exact) mass is 307 g/mol. The summed E-state index contributed by atoms with van der Waals surface area (Å²) in [4.78, 5) is 30.8. The van der Waals surface area contributed by atoms with Crippen molar-refractivity contribution in [2.75, 3.05) is 31.1 Å². The third-order valence-corrected chi connectivity index (χ3v) is 4.62. The van der Waals surface area contributed by atoms with Gasteiger partial charge in [0.1, 0.15) is 0 Å². The van der Waals surface area contributed by atoms with Crippen LogP contribution < -0.4 is 4.90 Å². The molecular formula is C14H21N5O3. The molecule has 120 valence electrons. The van der Waals surface area contributed by atoms with Gasteiger partial charge in [0.2, 0.25) is 18.1 Å². The van der Waals surface area contributed by atoms with E-state index in [1.54, 1.807) is 11.6 Å². The number of likely N-dealkylation sites (tertiary alicyclic amines) is 1. The van der Waals surface area contributed by atoms with E-state index in [0.717, 1.165) is 38.8 Å². The lowest BCUT2D eigenvalue weighted by Crippen LogP contribution is -2.42. The highest BCUT2D eigenvalue weighted by Gasteiger charge is 2.33. The van der Waals surface area contributed by atoms with Crippen LogP contribution in [0.5, 0.6) is 0 Å². The zero-order valence-corrected chi connectivity index (χ0v) is 12.8. The molecule has 0 spiro atoms. The van der Waals surface area contributed by atoms with Crippen molar-refractivity contribution in [2.45, 2.75) is 25.7 Å². The lowest BCUT2D eigenvalue weighted by molar-refractivity contribution is -0.388. The number of amides is 1. The van der Waals surface area contributed by atoms with Crippen molar-refractivity contribution in [2.24, 2.45) is 13.0 Å². The first kappa shape index (κ1) is 14.8. The van der Waals surface area contributed by atoms with E-state index in [2.05, 4.69) is 4.98 Å². The largest absolute Gasteiger partial charge is 0.406 e. The smallest absolute Gasteiger partial charge is 0.358 e. The molecule has 0 bridgehead atoms. The fraction of sp³-hybridized carbons (Fsp3) is 0.714. The summed E-state index contributed by atoms with van der Waals surface area (Å²) in [7, 11) is 1.76. The molecule has 0 atom stereocenters. The SMILES string of the molecule is Cn1cnc([N+](=O)[O-])c1N1CCC(C(=O)N2CCCC2)CC1. The molecule has 22 heavy (non-hydrogen) atoms. The number of nitrogens with zero attached hydrogens (tertiary/aromatic N) is 5. The van der Waals surface area contributed by atoms with Crippen molar-refractivity contribution in [3.05, 3.63) is 16.4 Å². The summed E-state index contributed by atoms with van der Waals surface area (Å²) in [6.45, 7) is 3.08. The van der Waals surface area contributed by atoms with Gasteiger partial charge in [-0.3, -0.25) is 9.36 Å². The Balaban J connectivity index is 1.65. The standard InChI is InChI=1S/C14H21N5O3/c1-16-10-15-12(19(21)22)13(16)17-8-4-11(5-9-17)14(20)18-6-2-3-7-18/h10-11H,2-9H2,1H3. The zero-order chi connectivity index (χ0) is 15.7. The number of hydrogen-bond acceptors (Lipinski definition) is 5. The van der Waals surface area contributed by atoms with Crippen molar-refractivity contribution in [1.82, 2.24) is 14.5 Å². The first-order chi connectivity index (χ1) is 10.6. The number of hydrogen-bond donors (Lipinski definition) is 0. The van der Waals surface area contributed by atoms with E-state index in [9.17, 15) is 14.9 Å². The maximum atomic E-state index is 12.4. The Kier molecular flexibility index (Phi) is 4.00. The molecule has 1 aromatic heterocycles. The van der Waals surface area contributed by atoms with Crippen molar-refractivity contribution < 1.29 is 9.72 Å². The third-order valence-electron chi connectivity index (χ3n) is 4.62. The highest BCUT2D eigenvalue weighted by Crippen LogP contribution is 2.30. The van der Waals surface area contributed by atoms with E-state index in [0.29, 0.717) is 18.9 Å². The van der Waals surface area contributed by atoms with Gasteiger partial charge in [0, 0.05) is 39.1 Å². The highest BCUT2D eigenvalue weighted by molar-refractivity contribution is 5.79. The Bertz CT molecular complexity index is 571. The Morgan fingerprint density at radius 1 is 1.27 bits per heavy atom. The van der Waals surface area contributed by atoms with Crippen molar-refractivity contribution in [3.63, 3.8) is 0 Å². The van der Waals surface area contributed by atoms with Crippen LogP contribution in [0.3, 0.4) is 0 Å². The van der Waals surface area contributed by atoms with Crippen molar-refractivity contribution in [1.29, 1.82) is 0 Å². The Morgan fingerprint density at radius 3 is 2.50 bits per heavy atom. The Hall–Kier alpha value is -2.12. The molecule has 2 saturated heterocycles. The number of carbonyl (C=O) groups is 1. The zero-order valence-electron chi connectivity index (χ0n) is 12.8. The Labute approximate surface area is 128 Å². The van der Waals surface area contributed by atoms with Gasteiger partial charge in [0.15, 0.2) is 0 Å². The van der Waals surface area contributed by atoms with E-state index in [1.165, 1.54) is 6.33 Å². The van der Waals surface area contributed by atoms with Gasteiger partial charge in [-0.05, 0) is 35.6 Å². The molecular weight excluding hydrogens is 286 g/mol. The van der Waals surface area contributed by atoms with Crippen molar-refractivity contribution >= 4 is 17.5 Å². The van der Waals surface area contributed by atoms with Crippen LogP contribution in [-0.2, 0) is 11.8 Å². The van der Waals surface area contributed by atoms with Gasteiger partial charge in [0.05, 0.1) is 0 Å². The predicted octanol–water partition coefficient (Wildman–Crippen LogP) is 1.17. The summed E-state index contributed by atoms with van der Waals surface area (Å²) >= 11 is 0. The fourth-order valence-corrected chi connectivity index (χ4v) is 3.44. The number of imidazole rings is 1. The van der Waals surface area contributed by atoms with Crippen LogP contribution in [-0.4, -0.2) is 51.5 Å². The van der Waals surface area contributed by atoms with Crippen LogP contribution in [0, 0.1) is 16.0 Å². The van der Waals surface area contributed by atoms with Gasteiger partial charge >= 0.3 is 5.82 Å². The van der Waals surface area contributed by atoms with Crippen LogP contribution in [0.2, 0.25) is 0 Å². The second kappa shape index (κ2) is 5.94. The van der Waals surface area contributed by atoms with Gasteiger partial charge in [-0.1, -0.05) is 0 Å². The highest BCUT2D eigenvalue weighted by atomic mass is 16.6. The summed E-state index contributed by atoms with van der Waals surface area (Å²) in [6, 6.07) is 0. The lowest BCUT2D eigenvalue weighted by Gasteiger charge is -2.33. The van der Waals surface area contributed by atoms with Crippen molar-refractivity contribution in [3.8, 4) is 0 Å². The maximum absolute atomic E-state index is 12.4.